The van der Waals surface area contributed by atoms with Crippen molar-refractivity contribution in [3.8, 4) is 12.3 Å². The number of nitrogens with two attached hydrogens (primary N) is 1. The molecule has 0 unspecified atom stereocenters. The second-order valence-electron chi connectivity index (χ2n) is 4.20. The van der Waals surface area contributed by atoms with Crippen LogP contribution in [0.25, 0.3) is 0 Å². The van der Waals surface area contributed by atoms with E-state index in [1.165, 1.54) is 11.3 Å². The molecular formula is C13H20N4OS. The Balaban J connectivity index is 2.63. The molecule has 1 aromatic heterocycles. The highest BCUT2D eigenvalue weighted by Crippen LogP contribution is 2.27. The van der Waals surface area contributed by atoms with Gasteiger partial charge in [0, 0.05) is 26.6 Å². The van der Waals surface area contributed by atoms with Gasteiger partial charge >= 0.3 is 0 Å². The lowest BCUT2D eigenvalue weighted by Crippen LogP contribution is -2.24. The molecule has 0 aliphatic rings. The van der Waals surface area contributed by atoms with Gasteiger partial charge in [0.05, 0.1) is 0 Å². The van der Waals surface area contributed by atoms with E-state index in [1.54, 1.807) is 0 Å². The molecule has 0 aromatic carbocycles. The van der Waals surface area contributed by atoms with Gasteiger partial charge < -0.3 is 16.0 Å². The molecule has 5 nitrogen and oxygen atoms in total. The van der Waals surface area contributed by atoms with Gasteiger partial charge in [0.1, 0.15) is 10.7 Å². The Hall–Kier alpha value is -1.74. The molecular weight excluding hydrogens is 260 g/mol. The fraction of sp³-hybridized carbons (Fsp3) is 0.538. The Morgan fingerprint density at radius 2 is 2.37 bits per heavy atom. The van der Waals surface area contributed by atoms with Gasteiger partial charge in [0.15, 0.2) is 5.13 Å². The number of rotatable bonds is 7. The Kier molecular flexibility index (Phi) is 6.16. The van der Waals surface area contributed by atoms with Crippen LogP contribution in [0, 0.1) is 12.3 Å². The highest BCUT2D eigenvalue weighted by atomic mass is 32.1. The molecule has 19 heavy (non-hydrogen) atoms. The third-order valence-electron chi connectivity index (χ3n) is 2.52. The predicted molar refractivity (Wildman–Crippen MR) is 80.5 cm³/mol. The van der Waals surface area contributed by atoms with E-state index in [1.807, 2.05) is 11.9 Å². The van der Waals surface area contributed by atoms with E-state index in [2.05, 4.69) is 23.1 Å². The molecule has 3 N–H and O–H groups in total. The molecule has 6 heteroatoms. The number of carbonyl (C=O) groups is 1. The minimum Gasteiger partial charge on any atom is -0.382 e. The normalized spacial score (nSPS) is 9.95. The molecule has 1 aromatic rings. The Bertz CT molecular complexity index is 464. The largest absolute Gasteiger partial charge is 0.382 e. The summed E-state index contributed by atoms with van der Waals surface area (Å²) < 4.78 is 0. The summed E-state index contributed by atoms with van der Waals surface area (Å²) in [6.07, 6.45) is 7.59. The average molecular weight is 280 g/mol. The second kappa shape index (κ2) is 7.64. The zero-order valence-electron chi connectivity index (χ0n) is 11.4. The Morgan fingerprint density at radius 3 is 3.00 bits per heavy atom. The van der Waals surface area contributed by atoms with E-state index in [0.29, 0.717) is 17.8 Å². The van der Waals surface area contributed by atoms with E-state index >= 15 is 0 Å². The van der Waals surface area contributed by atoms with Crippen LogP contribution in [0.5, 0.6) is 0 Å². The van der Waals surface area contributed by atoms with Gasteiger partial charge in [0.25, 0.3) is 5.91 Å². The first kappa shape index (κ1) is 15.3. The zero-order chi connectivity index (χ0) is 14.3. The summed E-state index contributed by atoms with van der Waals surface area (Å²) in [7, 11) is 1.94. The SMILES string of the molecule is C#CCCCNC(=O)c1sc(N(C)CCC)nc1N. The van der Waals surface area contributed by atoms with E-state index < -0.39 is 0 Å². The van der Waals surface area contributed by atoms with E-state index in [0.717, 1.165) is 24.5 Å². The average Bonchev–Trinajstić information content (AvgIpc) is 2.77. The number of hydrogen-bond donors (Lipinski definition) is 2. The summed E-state index contributed by atoms with van der Waals surface area (Å²) in [5.41, 5.74) is 5.79. The number of terminal acetylenes is 1. The second-order valence-corrected chi connectivity index (χ2v) is 5.17. The van der Waals surface area contributed by atoms with E-state index in [-0.39, 0.29) is 11.7 Å². The molecule has 0 aliphatic heterocycles. The molecule has 0 fully saturated rings. The Labute approximate surface area is 118 Å². The van der Waals surface area contributed by atoms with Crippen molar-refractivity contribution in [1.29, 1.82) is 0 Å². The summed E-state index contributed by atoms with van der Waals surface area (Å²) in [6, 6.07) is 0. The van der Waals surface area contributed by atoms with Crippen LogP contribution in [0.1, 0.15) is 35.9 Å². The monoisotopic (exact) mass is 280 g/mol. The number of anilines is 2. The zero-order valence-corrected chi connectivity index (χ0v) is 12.2. The summed E-state index contributed by atoms with van der Waals surface area (Å²) in [4.78, 5) is 18.6. The van der Waals surface area contributed by atoms with Crippen LogP contribution in [0.2, 0.25) is 0 Å². The topological polar surface area (TPSA) is 71.2 Å². The number of aromatic nitrogens is 1. The van der Waals surface area contributed by atoms with Crippen LogP contribution in [-0.4, -0.2) is 31.0 Å². The van der Waals surface area contributed by atoms with Gasteiger partial charge in [-0.1, -0.05) is 18.3 Å². The maximum Gasteiger partial charge on any atom is 0.265 e. The maximum atomic E-state index is 11.9. The number of hydrogen-bond acceptors (Lipinski definition) is 5. The van der Waals surface area contributed by atoms with Gasteiger partial charge in [-0.15, -0.1) is 12.3 Å². The van der Waals surface area contributed by atoms with E-state index in [4.69, 9.17) is 12.2 Å². The molecule has 0 saturated heterocycles. The molecule has 1 rings (SSSR count). The van der Waals surface area contributed by atoms with Gasteiger partial charge in [-0.05, 0) is 12.8 Å². The van der Waals surface area contributed by atoms with Crippen LogP contribution in [-0.2, 0) is 0 Å². The van der Waals surface area contributed by atoms with Crippen molar-refractivity contribution in [2.24, 2.45) is 0 Å². The smallest absolute Gasteiger partial charge is 0.265 e. The predicted octanol–water partition coefficient (Wildman–Crippen LogP) is 1.71. The molecule has 0 spiro atoms. The molecule has 104 valence electrons. The molecule has 1 amide bonds. The minimum absolute atomic E-state index is 0.178. The lowest BCUT2D eigenvalue weighted by molar-refractivity contribution is 0.0958. The number of thiazole rings is 1. The third kappa shape index (κ3) is 4.45. The fourth-order valence-electron chi connectivity index (χ4n) is 1.55. The summed E-state index contributed by atoms with van der Waals surface area (Å²) in [5, 5.41) is 3.57. The van der Waals surface area contributed by atoms with Crippen molar-refractivity contribution in [2.45, 2.75) is 26.2 Å². The van der Waals surface area contributed by atoms with E-state index in [9.17, 15) is 4.79 Å². The number of nitrogens with zero attached hydrogens (tertiary/aromatic N) is 2. The lowest BCUT2D eigenvalue weighted by atomic mass is 10.3. The number of nitrogen functional groups attached to an aromatic ring is 1. The van der Waals surface area contributed by atoms with Crippen molar-refractivity contribution in [2.75, 3.05) is 30.8 Å². The van der Waals surface area contributed by atoms with Crippen LogP contribution in [0.4, 0.5) is 10.9 Å². The van der Waals surface area contributed by atoms with Crippen LogP contribution in [0.3, 0.4) is 0 Å². The number of carbonyl (C=O) groups excluding carboxylic acids is 1. The van der Waals surface area contributed by atoms with Gasteiger partial charge in [-0.3, -0.25) is 4.79 Å². The van der Waals surface area contributed by atoms with Gasteiger partial charge in [-0.2, -0.15) is 0 Å². The maximum absolute atomic E-state index is 11.9. The lowest BCUT2D eigenvalue weighted by Gasteiger charge is -2.13. The molecule has 0 bridgehead atoms. The van der Waals surface area contributed by atoms with Crippen molar-refractivity contribution in [1.82, 2.24) is 10.3 Å². The van der Waals surface area contributed by atoms with Crippen LogP contribution < -0.4 is 16.0 Å². The summed E-state index contributed by atoms with van der Waals surface area (Å²) >= 11 is 1.32. The highest BCUT2D eigenvalue weighted by Gasteiger charge is 2.17. The fourth-order valence-corrected chi connectivity index (χ4v) is 2.44. The van der Waals surface area contributed by atoms with Crippen molar-refractivity contribution < 1.29 is 4.79 Å². The first-order chi connectivity index (χ1) is 9.10. The highest BCUT2D eigenvalue weighted by molar-refractivity contribution is 7.18. The number of unbranched alkanes of at least 4 members (excludes halogenated alkanes) is 1. The molecule has 0 atom stereocenters. The van der Waals surface area contributed by atoms with Crippen molar-refractivity contribution in [3.63, 3.8) is 0 Å². The molecule has 0 saturated carbocycles. The van der Waals surface area contributed by atoms with Crippen LogP contribution in [0.15, 0.2) is 0 Å². The van der Waals surface area contributed by atoms with Crippen molar-refractivity contribution in [3.05, 3.63) is 4.88 Å². The molecule has 0 radical (unpaired) electrons. The quantitative estimate of drug-likeness (QED) is 0.589. The summed E-state index contributed by atoms with van der Waals surface area (Å²) in [6.45, 7) is 3.53. The first-order valence-corrected chi connectivity index (χ1v) is 7.10. The standard InChI is InChI=1S/C13H20N4OS/c1-4-6-7-8-15-12(18)10-11(14)16-13(19-10)17(3)9-5-2/h1H,5-9,14H2,2-3H3,(H,15,18). The minimum atomic E-state index is -0.178. The molecule has 0 aliphatic carbocycles. The molecule has 1 heterocycles. The van der Waals surface area contributed by atoms with Crippen molar-refractivity contribution >= 4 is 28.2 Å². The summed E-state index contributed by atoms with van der Waals surface area (Å²) in [5.74, 6) is 2.64. The third-order valence-corrected chi connectivity index (χ3v) is 3.70. The van der Waals surface area contributed by atoms with Gasteiger partial charge in [0.2, 0.25) is 0 Å². The van der Waals surface area contributed by atoms with Gasteiger partial charge in [-0.25, -0.2) is 4.98 Å². The first-order valence-electron chi connectivity index (χ1n) is 6.29. The number of nitrogens with one attached hydrogen (secondary N) is 1. The number of amides is 1. The van der Waals surface area contributed by atoms with Crippen LogP contribution >= 0.6 is 11.3 Å². The Morgan fingerprint density at radius 1 is 1.63 bits per heavy atom.